The lowest BCUT2D eigenvalue weighted by Gasteiger charge is -2.25. The minimum Gasteiger partial charge on any atom is -0.372 e. The summed E-state index contributed by atoms with van der Waals surface area (Å²) in [4.78, 5) is 3.04. The van der Waals surface area contributed by atoms with Gasteiger partial charge in [0.05, 0.1) is 9.79 Å². The molecule has 0 aliphatic carbocycles. The van der Waals surface area contributed by atoms with Crippen LogP contribution in [-0.2, 0) is 9.84 Å². The van der Waals surface area contributed by atoms with E-state index >= 15 is 0 Å². The predicted octanol–water partition coefficient (Wildman–Crippen LogP) is 4.93. The molecule has 2 aromatic rings. The average Bonchev–Trinajstić information content (AvgIpc) is 2.63. The molecule has 0 aliphatic heterocycles. The van der Waals surface area contributed by atoms with Crippen molar-refractivity contribution in [3.8, 4) is 0 Å². The Morgan fingerprint density at radius 1 is 0.750 bits per heavy atom. The first-order chi connectivity index (χ1) is 11.6. The van der Waals surface area contributed by atoms with Crippen molar-refractivity contribution >= 4 is 15.5 Å². The van der Waals surface area contributed by atoms with Crippen LogP contribution in [0, 0.1) is 0 Å². The lowest BCUT2D eigenvalue weighted by molar-refractivity contribution is 0.596. The van der Waals surface area contributed by atoms with E-state index in [0.717, 1.165) is 44.5 Å². The first-order valence-corrected chi connectivity index (χ1v) is 10.2. The van der Waals surface area contributed by atoms with Crippen LogP contribution in [0.1, 0.15) is 39.5 Å². The number of hydrogen-bond donors (Lipinski definition) is 0. The minimum absolute atomic E-state index is 0.339. The Hall–Kier alpha value is -1.81. The van der Waals surface area contributed by atoms with Gasteiger partial charge in [0.1, 0.15) is 0 Å². The molecule has 0 fully saturated rings. The molecule has 2 aromatic carbocycles. The highest BCUT2D eigenvalue weighted by molar-refractivity contribution is 7.91. The smallest absolute Gasteiger partial charge is 0.206 e. The molecule has 0 aromatic heterocycles. The van der Waals surface area contributed by atoms with E-state index in [4.69, 9.17) is 0 Å². The fourth-order valence-corrected chi connectivity index (χ4v) is 3.92. The van der Waals surface area contributed by atoms with E-state index in [0.29, 0.717) is 9.79 Å². The zero-order valence-corrected chi connectivity index (χ0v) is 15.4. The lowest BCUT2D eigenvalue weighted by atomic mass is 10.2. The molecule has 0 spiro atoms. The van der Waals surface area contributed by atoms with E-state index in [1.54, 1.807) is 36.4 Å². The number of nitrogens with zero attached hydrogens (tertiary/aromatic N) is 1. The van der Waals surface area contributed by atoms with Crippen LogP contribution in [-0.4, -0.2) is 21.5 Å². The number of unbranched alkanes of at least 4 members (excludes halogenated alkanes) is 2. The number of anilines is 1. The molecule has 0 saturated heterocycles. The molecule has 0 bridgehead atoms. The molecular formula is C20H27NO2S. The van der Waals surface area contributed by atoms with Crippen LogP contribution >= 0.6 is 0 Å². The largest absolute Gasteiger partial charge is 0.372 e. The first-order valence-electron chi connectivity index (χ1n) is 8.74. The molecule has 130 valence electrons. The van der Waals surface area contributed by atoms with Crippen molar-refractivity contribution in [2.24, 2.45) is 0 Å². The molecule has 2 rings (SSSR count). The highest BCUT2D eigenvalue weighted by atomic mass is 32.2. The Labute approximate surface area is 146 Å². The number of rotatable bonds is 9. The van der Waals surface area contributed by atoms with Crippen LogP contribution in [0.15, 0.2) is 64.4 Å². The van der Waals surface area contributed by atoms with Gasteiger partial charge in [0.15, 0.2) is 0 Å². The third kappa shape index (κ3) is 4.60. The van der Waals surface area contributed by atoms with Gasteiger partial charge in [-0.15, -0.1) is 0 Å². The van der Waals surface area contributed by atoms with Crippen molar-refractivity contribution in [2.75, 3.05) is 18.0 Å². The van der Waals surface area contributed by atoms with Crippen molar-refractivity contribution in [1.82, 2.24) is 0 Å². The van der Waals surface area contributed by atoms with Gasteiger partial charge in [-0.1, -0.05) is 44.9 Å². The fraction of sp³-hybridized carbons (Fsp3) is 0.400. The van der Waals surface area contributed by atoms with Gasteiger partial charge in [0.2, 0.25) is 9.84 Å². The van der Waals surface area contributed by atoms with E-state index in [9.17, 15) is 8.42 Å². The summed E-state index contributed by atoms with van der Waals surface area (Å²) >= 11 is 0. The second-order valence-corrected chi connectivity index (χ2v) is 7.95. The quantitative estimate of drug-likeness (QED) is 0.647. The van der Waals surface area contributed by atoms with Gasteiger partial charge in [-0.25, -0.2) is 8.42 Å². The van der Waals surface area contributed by atoms with Crippen molar-refractivity contribution in [3.63, 3.8) is 0 Å². The summed E-state index contributed by atoms with van der Waals surface area (Å²) in [6.45, 7) is 6.41. The molecule has 24 heavy (non-hydrogen) atoms. The second kappa shape index (κ2) is 8.88. The fourth-order valence-electron chi connectivity index (χ4n) is 2.64. The predicted molar refractivity (Wildman–Crippen MR) is 100 cm³/mol. The highest BCUT2D eigenvalue weighted by Gasteiger charge is 2.17. The van der Waals surface area contributed by atoms with Gasteiger partial charge in [-0.05, 0) is 49.2 Å². The summed E-state index contributed by atoms with van der Waals surface area (Å²) in [5.41, 5.74) is 1.10. The van der Waals surface area contributed by atoms with Crippen molar-refractivity contribution in [2.45, 2.75) is 49.3 Å². The normalized spacial score (nSPS) is 11.4. The van der Waals surface area contributed by atoms with Gasteiger partial charge >= 0.3 is 0 Å². The summed E-state index contributed by atoms with van der Waals surface area (Å²) < 4.78 is 25.3. The summed E-state index contributed by atoms with van der Waals surface area (Å²) in [6.07, 6.45) is 4.60. The van der Waals surface area contributed by atoms with Crippen LogP contribution in [0.2, 0.25) is 0 Å². The molecule has 0 unspecified atom stereocenters. The molecule has 4 heteroatoms. The molecule has 0 saturated carbocycles. The Balaban J connectivity index is 2.22. The number of benzene rings is 2. The first kappa shape index (κ1) is 18.5. The summed E-state index contributed by atoms with van der Waals surface area (Å²) in [7, 11) is -3.43. The number of hydrogen-bond acceptors (Lipinski definition) is 3. The van der Waals surface area contributed by atoms with Crippen LogP contribution in [0.4, 0.5) is 5.69 Å². The summed E-state index contributed by atoms with van der Waals surface area (Å²) in [5, 5.41) is 0. The molecule has 0 amide bonds. The van der Waals surface area contributed by atoms with Crippen LogP contribution in [0.3, 0.4) is 0 Å². The molecule has 3 nitrogen and oxygen atoms in total. The Morgan fingerprint density at radius 3 is 1.75 bits per heavy atom. The Kier molecular flexibility index (Phi) is 6.85. The van der Waals surface area contributed by atoms with E-state index in [1.165, 1.54) is 0 Å². The van der Waals surface area contributed by atoms with Crippen LogP contribution in [0.5, 0.6) is 0 Å². The molecular weight excluding hydrogens is 318 g/mol. The monoisotopic (exact) mass is 345 g/mol. The molecule has 0 heterocycles. The van der Waals surface area contributed by atoms with Crippen LogP contribution < -0.4 is 4.90 Å². The Bertz CT molecular complexity index is 701. The average molecular weight is 346 g/mol. The van der Waals surface area contributed by atoms with Crippen molar-refractivity contribution < 1.29 is 8.42 Å². The van der Waals surface area contributed by atoms with Gasteiger partial charge in [0, 0.05) is 18.8 Å². The van der Waals surface area contributed by atoms with Gasteiger partial charge in [-0.2, -0.15) is 0 Å². The minimum atomic E-state index is -3.43. The highest BCUT2D eigenvalue weighted by Crippen LogP contribution is 2.24. The van der Waals surface area contributed by atoms with Crippen LogP contribution in [0.25, 0.3) is 0 Å². The zero-order chi connectivity index (χ0) is 17.4. The second-order valence-electron chi connectivity index (χ2n) is 6.00. The Morgan fingerprint density at radius 2 is 1.25 bits per heavy atom. The maximum Gasteiger partial charge on any atom is 0.206 e. The maximum absolute atomic E-state index is 12.6. The van der Waals surface area contributed by atoms with Crippen molar-refractivity contribution in [3.05, 3.63) is 54.6 Å². The van der Waals surface area contributed by atoms with E-state index in [2.05, 4.69) is 18.7 Å². The SMILES string of the molecule is CCCCN(CCCC)c1ccc(S(=O)(=O)c2ccccc2)cc1. The molecule has 0 radical (unpaired) electrons. The summed E-state index contributed by atoms with van der Waals surface area (Å²) in [6, 6.07) is 15.9. The van der Waals surface area contributed by atoms with E-state index in [-0.39, 0.29) is 0 Å². The maximum atomic E-state index is 12.6. The molecule has 0 aliphatic rings. The molecule has 0 N–H and O–H groups in total. The summed E-state index contributed by atoms with van der Waals surface area (Å²) in [5.74, 6) is 0. The zero-order valence-electron chi connectivity index (χ0n) is 14.6. The van der Waals surface area contributed by atoms with Gasteiger partial charge < -0.3 is 4.90 Å². The van der Waals surface area contributed by atoms with Gasteiger partial charge in [0.25, 0.3) is 0 Å². The van der Waals surface area contributed by atoms with Gasteiger partial charge in [-0.3, -0.25) is 0 Å². The number of sulfone groups is 1. The van der Waals surface area contributed by atoms with Crippen molar-refractivity contribution in [1.29, 1.82) is 0 Å². The third-order valence-electron chi connectivity index (χ3n) is 4.13. The molecule has 0 atom stereocenters. The third-order valence-corrected chi connectivity index (χ3v) is 5.91. The standard InChI is InChI=1S/C20H27NO2S/c1-3-5-16-21(17-6-4-2)18-12-14-20(15-13-18)24(22,23)19-10-8-7-9-11-19/h7-15H,3-6,16-17H2,1-2H3. The lowest BCUT2D eigenvalue weighted by Crippen LogP contribution is -2.25. The topological polar surface area (TPSA) is 37.4 Å². The van der Waals surface area contributed by atoms with E-state index in [1.807, 2.05) is 18.2 Å². The van der Waals surface area contributed by atoms with E-state index < -0.39 is 9.84 Å².